The van der Waals surface area contributed by atoms with Gasteiger partial charge in [-0.05, 0) is 11.6 Å². The first kappa shape index (κ1) is 13.9. The second kappa shape index (κ2) is 6.10. The van der Waals surface area contributed by atoms with Gasteiger partial charge >= 0.3 is 0 Å². The zero-order chi connectivity index (χ0) is 14.5. The number of hydrogen-bond donors (Lipinski definition) is 1. The third kappa shape index (κ3) is 3.29. The van der Waals surface area contributed by atoms with Crippen LogP contribution in [-0.4, -0.2) is 11.7 Å². The van der Waals surface area contributed by atoms with E-state index in [0.717, 1.165) is 5.56 Å². The average Bonchev–Trinajstić information content (AvgIpc) is 2.45. The van der Waals surface area contributed by atoms with Crippen molar-refractivity contribution in [1.29, 1.82) is 0 Å². The molecule has 0 radical (unpaired) electrons. The third-order valence-corrected chi connectivity index (χ3v) is 2.97. The van der Waals surface area contributed by atoms with E-state index in [1.807, 2.05) is 18.2 Å². The van der Waals surface area contributed by atoms with Crippen molar-refractivity contribution in [2.45, 2.75) is 12.8 Å². The molecule has 20 heavy (non-hydrogen) atoms. The van der Waals surface area contributed by atoms with Crippen LogP contribution in [0.25, 0.3) is 11.1 Å². The average molecular weight is 271 g/mol. The second-order valence-corrected chi connectivity index (χ2v) is 4.45. The fraction of sp³-hybridized carbons (Fsp3) is 0.125. The maximum absolute atomic E-state index is 14.1. The van der Waals surface area contributed by atoms with Gasteiger partial charge in [-0.2, -0.15) is 0 Å². The fourth-order valence-corrected chi connectivity index (χ4v) is 1.92. The molecule has 0 spiro atoms. The van der Waals surface area contributed by atoms with Crippen LogP contribution in [0.2, 0.25) is 0 Å². The van der Waals surface area contributed by atoms with Crippen LogP contribution < -0.4 is 5.73 Å². The van der Waals surface area contributed by atoms with E-state index in [9.17, 15) is 14.0 Å². The maximum atomic E-state index is 14.1. The first-order chi connectivity index (χ1) is 9.58. The zero-order valence-electron chi connectivity index (χ0n) is 10.8. The molecule has 102 valence electrons. The number of ketones is 1. The summed E-state index contributed by atoms with van der Waals surface area (Å²) in [4.78, 5) is 22.4. The molecule has 4 heteroatoms. The SMILES string of the molecule is NC(=O)CCC(=O)c1ccc(-c2ccccc2)c(F)c1. The molecule has 0 saturated heterocycles. The first-order valence-corrected chi connectivity index (χ1v) is 6.24. The number of benzene rings is 2. The van der Waals surface area contributed by atoms with Gasteiger partial charge in [0.25, 0.3) is 0 Å². The van der Waals surface area contributed by atoms with E-state index in [2.05, 4.69) is 0 Å². The molecule has 0 aliphatic carbocycles. The van der Waals surface area contributed by atoms with E-state index in [-0.39, 0.29) is 24.2 Å². The molecule has 0 aliphatic heterocycles. The number of carbonyl (C=O) groups is 2. The summed E-state index contributed by atoms with van der Waals surface area (Å²) in [5.74, 6) is -1.29. The minimum Gasteiger partial charge on any atom is -0.370 e. The van der Waals surface area contributed by atoms with E-state index in [1.54, 1.807) is 24.3 Å². The van der Waals surface area contributed by atoms with Gasteiger partial charge in [0, 0.05) is 24.0 Å². The Balaban J connectivity index is 2.22. The zero-order valence-corrected chi connectivity index (χ0v) is 10.8. The molecule has 0 aliphatic rings. The standard InChI is InChI=1S/C16H14FNO2/c17-14-10-12(15(19)8-9-16(18)20)6-7-13(14)11-4-2-1-3-5-11/h1-7,10H,8-9H2,(H2,18,20). The number of amides is 1. The van der Waals surface area contributed by atoms with Gasteiger partial charge in [-0.1, -0.05) is 42.5 Å². The Labute approximate surface area is 116 Å². The second-order valence-electron chi connectivity index (χ2n) is 4.45. The molecule has 0 aromatic heterocycles. The molecule has 0 bridgehead atoms. The van der Waals surface area contributed by atoms with Crippen LogP contribution in [0.3, 0.4) is 0 Å². The lowest BCUT2D eigenvalue weighted by molar-refractivity contribution is -0.118. The molecule has 2 aromatic carbocycles. The Morgan fingerprint density at radius 2 is 1.70 bits per heavy atom. The summed E-state index contributed by atoms with van der Waals surface area (Å²) in [6.45, 7) is 0. The molecule has 0 heterocycles. The van der Waals surface area contributed by atoms with Crippen LogP contribution in [0.1, 0.15) is 23.2 Å². The predicted octanol–water partition coefficient (Wildman–Crippen LogP) is 2.94. The molecule has 0 atom stereocenters. The lowest BCUT2D eigenvalue weighted by Gasteiger charge is -2.06. The van der Waals surface area contributed by atoms with Crippen molar-refractivity contribution in [3.63, 3.8) is 0 Å². The monoisotopic (exact) mass is 271 g/mol. The summed E-state index contributed by atoms with van der Waals surface area (Å²) in [5, 5.41) is 0. The minimum atomic E-state index is -0.542. The van der Waals surface area contributed by atoms with E-state index in [1.165, 1.54) is 6.07 Å². The number of Topliss-reactive ketones (excluding diaryl/α,β-unsaturated/α-hetero) is 1. The Bertz CT molecular complexity index is 638. The molecular formula is C16H14FNO2. The highest BCUT2D eigenvalue weighted by atomic mass is 19.1. The van der Waals surface area contributed by atoms with Gasteiger partial charge in [0.15, 0.2) is 5.78 Å². The van der Waals surface area contributed by atoms with Crippen molar-refractivity contribution >= 4 is 11.7 Å². The van der Waals surface area contributed by atoms with Gasteiger partial charge < -0.3 is 5.73 Å². The molecule has 0 unspecified atom stereocenters. The number of rotatable bonds is 5. The van der Waals surface area contributed by atoms with Crippen LogP contribution in [-0.2, 0) is 4.79 Å². The highest BCUT2D eigenvalue weighted by Crippen LogP contribution is 2.23. The molecule has 2 rings (SSSR count). The highest BCUT2D eigenvalue weighted by molar-refractivity contribution is 5.98. The summed E-state index contributed by atoms with van der Waals surface area (Å²) >= 11 is 0. The lowest BCUT2D eigenvalue weighted by Crippen LogP contribution is -2.12. The van der Waals surface area contributed by atoms with Crippen molar-refractivity contribution in [2.24, 2.45) is 5.73 Å². The van der Waals surface area contributed by atoms with E-state index < -0.39 is 11.7 Å². The van der Waals surface area contributed by atoms with Crippen LogP contribution in [0, 0.1) is 5.82 Å². The minimum absolute atomic E-state index is 0.000539. The molecular weight excluding hydrogens is 257 g/mol. The number of halogens is 1. The van der Waals surface area contributed by atoms with Crippen molar-refractivity contribution in [3.8, 4) is 11.1 Å². The number of hydrogen-bond acceptors (Lipinski definition) is 2. The Hall–Kier alpha value is -2.49. The quantitative estimate of drug-likeness (QED) is 0.850. The topological polar surface area (TPSA) is 60.2 Å². The fourth-order valence-electron chi connectivity index (χ4n) is 1.92. The van der Waals surface area contributed by atoms with Crippen LogP contribution >= 0.6 is 0 Å². The Morgan fingerprint density at radius 1 is 1.00 bits per heavy atom. The summed E-state index contributed by atoms with van der Waals surface area (Å²) in [5.41, 5.74) is 6.43. The largest absolute Gasteiger partial charge is 0.370 e. The van der Waals surface area contributed by atoms with Gasteiger partial charge in [0.05, 0.1) is 0 Å². The van der Waals surface area contributed by atoms with Gasteiger partial charge in [-0.25, -0.2) is 4.39 Å². The summed E-state index contributed by atoms with van der Waals surface area (Å²) in [7, 11) is 0. The van der Waals surface area contributed by atoms with Gasteiger partial charge in [0.2, 0.25) is 5.91 Å². The molecule has 2 aromatic rings. The van der Waals surface area contributed by atoms with Gasteiger partial charge in [-0.3, -0.25) is 9.59 Å². The van der Waals surface area contributed by atoms with Gasteiger partial charge in [-0.15, -0.1) is 0 Å². The molecule has 1 amide bonds. The molecule has 0 fully saturated rings. The first-order valence-electron chi connectivity index (χ1n) is 6.24. The van der Waals surface area contributed by atoms with Crippen molar-refractivity contribution in [1.82, 2.24) is 0 Å². The van der Waals surface area contributed by atoms with Crippen LogP contribution in [0.5, 0.6) is 0 Å². The summed E-state index contributed by atoms with van der Waals surface area (Å²) < 4.78 is 14.1. The van der Waals surface area contributed by atoms with E-state index in [4.69, 9.17) is 5.73 Å². The molecule has 0 saturated carbocycles. The third-order valence-electron chi connectivity index (χ3n) is 2.97. The highest BCUT2D eigenvalue weighted by Gasteiger charge is 2.11. The normalized spacial score (nSPS) is 10.2. The number of carbonyl (C=O) groups excluding carboxylic acids is 2. The van der Waals surface area contributed by atoms with E-state index >= 15 is 0 Å². The smallest absolute Gasteiger partial charge is 0.217 e. The van der Waals surface area contributed by atoms with E-state index in [0.29, 0.717) is 5.56 Å². The maximum Gasteiger partial charge on any atom is 0.217 e. The summed E-state index contributed by atoms with van der Waals surface area (Å²) in [6, 6.07) is 13.4. The van der Waals surface area contributed by atoms with Crippen molar-refractivity contribution in [2.75, 3.05) is 0 Å². The summed E-state index contributed by atoms with van der Waals surface area (Å²) in [6.07, 6.45) is -0.0274. The number of primary amides is 1. The van der Waals surface area contributed by atoms with Gasteiger partial charge in [0.1, 0.15) is 5.82 Å². The Morgan fingerprint density at radius 3 is 2.30 bits per heavy atom. The Kier molecular flexibility index (Phi) is 4.25. The number of nitrogens with two attached hydrogens (primary N) is 1. The molecule has 2 N–H and O–H groups in total. The molecule has 3 nitrogen and oxygen atoms in total. The van der Waals surface area contributed by atoms with Crippen LogP contribution in [0.15, 0.2) is 48.5 Å². The van der Waals surface area contributed by atoms with Crippen molar-refractivity contribution < 1.29 is 14.0 Å². The lowest BCUT2D eigenvalue weighted by atomic mass is 10.00. The van der Waals surface area contributed by atoms with Crippen molar-refractivity contribution in [3.05, 3.63) is 59.9 Å². The predicted molar refractivity (Wildman–Crippen MR) is 74.6 cm³/mol. The van der Waals surface area contributed by atoms with Crippen LogP contribution in [0.4, 0.5) is 4.39 Å².